The van der Waals surface area contributed by atoms with Gasteiger partial charge in [-0.1, -0.05) is 0 Å². The van der Waals surface area contributed by atoms with Crippen molar-refractivity contribution in [3.05, 3.63) is 24.0 Å². The first-order chi connectivity index (χ1) is 11.1. The lowest BCUT2D eigenvalue weighted by Crippen LogP contribution is -2.32. The van der Waals surface area contributed by atoms with Gasteiger partial charge in [-0.15, -0.1) is 0 Å². The molecule has 1 aromatic rings. The van der Waals surface area contributed by atoms with Gasteiger partial charge in [0.2, 0.25) is 0 Å². The number of rotatable bonds is 3. The van der Waals surface area contributed by atoms with Crippen molar-refractivity contribution in [1.29, 1.82) is 0 Å². The topological polar surface area (TPSA) is 85.1 Å². The average Bonchev–Trinajstić information content (AvgIpc) is 2.73. The van der Waals surface area contributed by atoms with E-state index in [4.69, 9.17) is 15.2 Å². The zero-order valence-corrected chi connectivity index (χ0v) is 12.5. The highest BCUT2D eigenvalue weighted by Crippen LogP contribution is 2.28. The Morgan fingerprint density at radius 1 is 1.30 bits per heavy atom. The standard InChI is InChI=1S/C15H18FN3O4/c16-11-8-10(19-9-13(14(17)20)23-15(19)21)2-3-12(11)18-4-1-6-22-7-5-18/h2-3,8,13H,1,4-7,9H2,(H2,17,20). The highest BCUT2D eigenvalue weighted by atomic mass is 19.1. The van der Waals surface area contributed by atoms with Crippen LogP contribution in [-0.2, 0) is 14.3 Å². The minimum atomic E-state index is -1.01. The third kappa shape index (κ3) is 3.21. The van der Waals surface area contributed by atoms with E-state index in [9.17, 15) is 14.0 Å². The second kappa shape index (κ2) is 6.41. The molecule has 2 aliphatic rings. The zero-order chi connectivity index (χ0) is 16.4. The molecule has 2 saturated heterocycles. The summed E-state index contributed by atoms with van der Waals surface area (Å²) in [7, 11) is 0. The van der Waals surface area contributed by atoms with E-state index in [-0.39, 0.29) is 6.54 Å². The molecule has 0 saturated carbocycles. The van der Waals surface area contributed by atoms with Crippen LogP contribution in [-0.4, -0.2) is 51.0 Å². The van der Waals surface area contributed by atoms with Crippen LogP contribution < -0.4 is 15.5 Å². The van der Waals surface area contributed by atoms with Crippen molar-refractivity contribution < 1.29 is 23.5 Å². The molecule has 7 nitrogen and oxygen atoms in total. The summed E-state index contributed by atoms with van der Waals surface area (Å²) in [6.07, 6.45) is -0.878. The number of cyclic esters (lactones) is 1. The lowest BCUT2D eigenvalue weighted by molar-refractivity contribution is -0.124. The summed E-state index contributed by atoms with van der Waals surface area (Å²) >= 11 is 0. The van der Waals surface area contributed by atoms with E-state index in [2.05, 4.69) is 0 Å². The number of primary amides is 1. The molecule has 0 radical (unpaired) electrons. The summed E-state index contributed by atoms with van der Waals surface area (Å²) in [5.41, 5.74) is 5.94. The molecule has 1 unspecified atom stereocenters. The molecule has 1 aromatic carbocycles. The number of benzene rings is 1. The number of ether oxygens (including phenoxy) is 2. The molecule has 2 N–H and O–H groups in total. The molecule has 23 heavy (non-hydrogen) atoms. The fourth-order valence-corrected chi connectivity index (χ4v) is 2.73. The number of nitrogens with two attached hydrogens (primary N) is 1. The van der Waals surface area contributed by atoms with Crippen LogP contribution in [0.25, 0.3) is 0 Å². The van der Waals surface area contributed by atoms with Gasteiger partial charge in [-0.2, -0.15) is 0 Å². The highest BCUT2D eigenvalue weighted by Gasteiger charge is 2.36. The lowest BCUT2D eigenvalue weighted by atomic mass is 10.2. The molecule has 2 heterocycles. The first kappa shape index (κ1) is 15.5. The average molecular weight is 323 g/mol. The molecule has 2 aliphatic heterocycles. The van der Waals surface area contributed by atoms with Crippen LogP contribution >= 0.6 is 0 Å². The maximum atomic E-state index is 14.5. The molecule has 2 amide bonds. The van der Waals surface area contributed by atoms with Crippen molar-refractivity contribution in [1.82, 2.24) is 0 Å². The Balaban J connectivity index is 1.79. The molecule has 124 valence electrons. The Labute approximate surface area is 132 Å². The van der Waals surface area contributed by atoms with E-state index < -0.39 is 23.9 Å². The molecule has 0 bridgehead atoms. The minimum Gasteiger partial charge on any atom is -0.434 e. The molecule has 0 spiro atoms. The van der Waals surface area contributed by atoms with Crippen LogP contribution in [0, 0.1) is 5.82 Å². The third-order valence-electron chi connectivity index (χ3n) is 3.94. The Morgan fingerprint density at radius 3 is 2.83 bits per heavy atom. The van der Waals surface area contributed by atoms with Crippen LogP contribution in [0.15, 0.2) is 18.2 Å². The van der Waals surface area contributed by atoms with Crippen molar-refractivity contribution in [2.45, 2.75) is 12.5 Å². The predicted octanol–water partition coefficient (Wildman–Crippen LogP) is 0.863. The fourth-order valence-electron chi connectivity index (χ4n) is 2.73. The number of halogens is 1. The number of anilines is 2. The van der Waals surface area contributed by atoms with E-state index in [0.29, 0.717) is 37.7 Å². The molecule has 3 rings (SSSR count). The van der Waals surface area contributed by atoms with Crippen LogP contribution in [0.3, 0.4) is 0 Å². The summed E-state index contributed by atoms with van der Waals surface area (Å²) in [6.45, 7) is 2.55. The number of carbonyl (C=O) groups is 2. The van der Waals surface area contributed by atoms with Gasteiger partial charge in [0.25, 0.3) is 5.91 Å². The third-order valence-corrected chi connectivity index (χ3v) is 3.94. The van der Waals surface area contributed by atoms with Gasteiger partial charge in [-0.05, 0) is 24.6 Å². The van der Waals surface area contributed by atoms with Gasteiger partial charge in [-0.25, -0.2) is 9.18 Å². The maximum absolute atomic E-state index is 14.5. The zero-order valence-electron chi connectivity index (χ0n) is 12.5. The smallest absolute Gasteiger partial charge is 0.415 e. The van der Waals surface area contributed by atoms with Crippen molar-refractivity contribution in [2.75, 3.05) is 42.6 Å². The molecule has 0 aliphatic carbocycles. The molecule has 1 atom stereocenters. The summed E-state index contributed by atoms with van der Waals surface area (Å²) < 4.78 is 24.7. The largest absolute Gasteiger partial charge is 0.434 e. The van der Waals surface area contributed by atoms with E-state index in [0.717, 1.165) is 6.42 Å². The second-order valence-electron chi connectivity index (χ2n) is 5.47. The first-order valence-electron chi connectivity index (χ1n) is 7.46. The van der Waals surface area contributed by atoms with Crippen molar-refractivity contribution in [3.8, 4) is 0 Å². The Morgan fingerprint density at radius 2 is 2.13 bits per heavy atom. The predicted molar refractivity (Wildman–Crippen MR) is 80.9 cm³/mol. The minimum absolute atomic E-state index is 0.00942. The quantitative estimate of drug-likeness (QED) is 0.892. The van der Waals surface area contributed by atoms with Crippen molar-refractivity contribution in [2.24, 2.45) is 5.73 Å². The Kier molecular flexibility index (Phi) is 4.33. The summed E-state index contributed by atoms with van der Waals surface area (Å²) in [6, 6.07) is 4.53. The van der Waals surface area contributed by atoms with Crippen LogP contribution in [0.2, 0.25) is 0 Å². The van der Waals surface area contributed by atoms with Gasteiger partial charge in [0.1, 0.15) is 5.82 Å². The Hall–Kier alpha value is -2.35. The number of hydrogen-bond donors (Lipinski definition) is 1. The number of nitrogens with zero attached hydrogens (tertiary/aromatic N) is 2. The van der Waals surface area contributed by atoms with Crippen LogP contribution in [0.4, 0.5) is 20.6 Å². The highest BCUT2D eigenvalue weighted by molar-refractivity contribution is 5.95. The van der Waals surface area contributed by atoms with E-state index in [1.54, 1.807) is 12.1 Å². The molecule has 8 heteroatoms. The monoisotopic (exact) mass is 323 g/mol. The van der Waals surface area contributed by atoms with Gasteiger partial charge in [-0.3, -0.25) is 9.69 Å². The fraction of sp³-hybridized carbons (Fsp3) is 0.467. The van der Waals surface area contributed by atoms with E-state index >= 15 is 0 Å². The summed E-state index contributed by atoms with van der Waals surface area (Å²) in [4.78, 5) is 26.0. The van der Waals surface area contributed by atoms with Crippen molar-refractivity contribution >= 4 is 23.4 Å². The molecule has 0 aromatic heterocycles. The number of amides is 2. The maximum Gasteiger partial charge on any atom is 0.415 e. The van der Waals surface area contributed by atoms with Crippen LogP contribution in [0.1, 0.15) is 6.42 Å². The molecule has 2 fully saturated rings. The first-order valence-corrected chi connectivity index (χ1v) is 7.46. The van der Waals surface area contributed by atoms with Crippen LogP contribution in [0.5, 0.6) is 0 Å². The normalized spacial score (nSPS) is 22.0. The number of carbonyl (C=O) groups excluding carboxylic acids is 2. The summed E-state index contributed by atoms with van der Waals surface area (Å²) in [5.74, 6) is -1.15. The molecular weight excluding hydrogens is 305 g/mol. The summed E-state index contributed by atoms with van der Waals surface area (Å²) in [5, 5.41) is 0. The van der Waals surface area contributed by atoms with E-state index in [1.165, 1.54) is 11.0 Å². The van der Waals surface area contributed by atoms with Gasteiger partial charge in [0, 0.05) is 19.7 Å². The van der Waals surface area contributed by atoms with Gasteiger partial charge >= 0.3 is 6.09 Å². The van der Waals surface area contributed by atoms with Gasteiger partial charge in [0.15, 0.2) is 6.10 Å². The van der Waals surface area contributed by atoms with Crippen molar-refractivity contribution in [3.63, 3.8) is 0 Å². The SMILES string of the molecule is NC(=O)C1CN(c2ccc(N3CCCOCC3)c(F)c2)C(=O)O1. The number of hydrogen-bond acceptors (Lipinski definition) is 5. The Bertz CT molecular complexity index is 617. The molecular formula is C15H18FN3O4. The van der Waals surface area contributed by atoms with Gasteiger partial charge < -0.3 is 20.1 Å². The lowest BCUT2D eigenvalue weighted by Gasteiger charge is -2.23. The van der Waals surface area contributed by atoms with Gasteiger partial charge in [0.05, 0.1) is 24.5 Å². The van der Waals surface area contributed by atoms with E-state index in [1.807, 2.05) is 4.90 Å². The second-order valence-corrected chi connectivity index (χ2v) is 5.47.